The highest BCUT2D eigenvalue weighted by Gasteiger charge is 2.39. The lowest BCUT2D eigenvalue weighted by Crippen LogP contribution is -2.35. The Kier molecular flexibility index (Phi) is 2.94. The number of carboxylic acids is 1. The van der Waals surface area contributed by atoms with E-state index in [2.05, 4.69) is 9.36 Å². The van der Waals surface area contributed by atoms with E-state index in [0.29, 0.717) is 30.9 Å². The summed E-state index contributed by atoms with van der Waals surface area (Å²) in [6, 6.07) is -0.802. The van der Waals surface area contributed by atoms with Crippen molar-refractivity contribution in [2.45, 2.75) is 25.1 Å². The van der Waals surface area contributed by atoms with Crippen molar-refractivity contribution >= 4 is 22.6 Å². The topological polar surface area (TPSA) is 66.3 Å². The maximum atomic E-state index is 12.3. The summed E-state index contributed by atoms with van der Waals surface area (Å²) in [4.78, 5) is 15.6. The summed E-state index contributed by atoms with van der Waals surface area (Å²) >= 11 is 0.576. The molecule has 5 nitrogen and oxygen atoms in total. The van der Waals surface area contributed by atoms with Crippen molar-refractivity contribution < 1.29 is 23.1 Å². The number of halogens is 3. The lowest BCUT2D eigenvalue weighted by atomic mass is 10.2. The van der Waals surface area contributed by atoms with Gasteiger partial charge in [0.25, 0.3) is 0 Å². The average Bonchev–Trinajstić information content (AvgIpc) is 2.85. The molecule has 1 aromatic heterocycles. The van der Waals surface area contributed by atoms with Crippen molar-refractivity contribution in [1.82, 2.24) is 9.36 Å². The van der Waals surface area contributed by atoms with Crippen LogP contribution in [0.5, 0.6) is 0 Å². The molecule has 2 rings (SSSR count). The minimum Gasteiger partial charge on any atom is -0.480 e. The smallest absolute Gasteiger partial charge is 0.452 e. The van der Waals surface area contributed by atoms with Crippen LogP contribution in [0.25, 0.3) is 0 Å². The molecule has 0 saturated carbocycles. The molecule has 0 amide bonds. The Morgan fingerprint density at radius 2 is 2.24 bits per heavy atom. The number of alkyl halides is 3. The lowest BCUT2D eigenvalue weighted by molar-refractivity contribution is -0.144. The molecule has 0 aliphatic carbocycles. The van der Waals surface area contributed by atoms with E-state index in [0.717, 1.165) is 0 Å². The molecule has 0 spiro atoms. The summed E-state index contributed by atoms with van der Waals surface area (Å²) in [5.74, 6) is -2.26. The normalized spacial score (nSPS) is 20.9. The van der Waals surface area contributed by atoms with E-state index in [1.54, 1.807) is 0 Å². The number of carbonyl (C=O) groups is 1. The first-order valence-corrected chi connectivity index (χ1v) is 5.57. The van der Waals surface area contributed by atoms with E-state index in [4.69, 9.17) is 5.11 Å². The molecule has 0 radical (unpaired) electrons. The van der Waals surface area contributed by atoms with Crippen molar-refractivity contribution in [3.05, 3.63) is 5.82 Å². The van der Waals surface area contributed by atoms with Gasteiger partial charge in [0.15, 0.2) is 0 Å². The second-order valence-electron chi connectivity index (χ2n) is 3.59. The average molecular weight is 267 g/mol. The highest BCUT2D eigenvalue weighted by atomic mass is 32.1. The van der Waals surface area contributed by atoms with Crippen LogP contribution < -0.4 is 4.90 Å². The number of hydrogen-bond acceptors (Lipinski definition) is 5. The highest BCUT2D eigenvalue weighted by Crippen LogP contribution is 2.32. The third-order valence-corrected chi connectivity index (χ3v) is 3.21. The first-order chi connectivity index (χ1) is 7.89. The molecule has 0 unspecified atom stereocenters. The zero-order valence-corrected chi connectivity index (χ0v) is 9.25. The van der Waals surface area contributed by atoms with E-state index in [1.807, 2.05) is 0 Å². The molecule has 94 valence electrons. The van der Waals surface area contributed by atoms with Gasteiger partial charge in [0.2, 0.25) is 11.0 Å². The predicted molar refractivity (Wildman–Crippen MR) is 52.9 cm³/mol. The Morgan fingerprint density at radius 3 is 2.76 bits per heavy atom. The summed E-state index contributed by atoms with van der Waals surface area (Å²) in [5, 5.41) is 8.92. The number of hydrogen-bond donors (Lipinski definition) is 1. The summed E-state index contributed by atoms with van der Waals surface area (Å²) < 4.78 is 40.1. The molecule has 0 bridgehead atoms. The number of aliphatic carboxylic acids is 1. The predicted octanol–water partition coefficient (Wildman–Crippen LogP) is 1.61. The zero-order chi connectivity index (χ0) is 12.6. The van der Waals surface area contributed by atoms with Gasteiger partial charge in [-0.1, -0.05) is 0 Å². The second kappa shape index (κ2) is 4.13. The molecule has 0 aromatic carbocycles. The molecule has 1 aliphatic heterocycles. The van der Waals surface area contributed by atoms with Gasteiger partial charge >= 0.3 is 12.1 Å². The van der Waals surface area contributed by atoms with E-state index < -0.39 is 24.0 Å². The third kappa shape index (κ3) is 2.33. The summed E-state index contributed by atoms with van der Waals surface area (Å²) in [6.07, 6.45) is -3.55. The number of carboxylic acid groups (broad SMARTS) is 1. The Morgan fingerprint density at radius 1 is 1.53 bits per heavy atom. The maximum Gasteiger partial charge on any atom is 0.452 e. The van der Waals surface area contributed by atoms with Gasteiger partial charge < -0.3 is 10.0 Å². The Bertz CT molecular complexity index is 434. The van der Waals surface area contributed by atoms with Crippen molar-refractivity contribution in [3.8, 4) is 0 Å². The van der Waals surface area contributed by atoms with Crippen LogP contribution in [0.1, 0.15) is 18.7 Å². The Labute approximate surface area is 98.0 Å². The molecule has 1 fully saturated rings. The third-order valence-electron chi connectivity index (χ3n) is 2.45. The van der Waals surface area contributed by atoms with E-state index in [1.165, 1.54) is 4.90 Å². The molecular weight excluding hydrogens is 259 g/mol. The monoisotopic (exact) mass is 267 g/mol. The van der Waals surface area contributed by atoms with E-state index in [9.17, 15) is 18.0 Å². The van der Waals surface area contributed by atoms with Gasteiger partial charge in [-0.15, -0.1) is 0 Å². The van der Waals surface area contributed by atoms with Crippen LogP contribution in [0.15, 0.2) is 0 Å². The van der Waals surface area contributed by atoms with Crippen LogP contribution in [0, 0.1) is 0 Å². The number of rotatable bonds is 2. The van der Waals surface area contributed by atoms with Crippen LogP contribution >= 0.6 is 11.5 Å². The standard InChI is InChI=1S/C8H8F3N3O2S/c9-8(10,11)6-12-7(17-13-6)14-3-1-2-4(14)5(15)16/h4H,1-3H2,(H,15,16)/t4-/m1/s1. The second-order valence-corrected chi connectivity index (χ2v) is 4.32. The SMILES string of the molecule is O=C(O)[C@H]1CCCN1c1nc(C(F)(F)F)ns1. The van der Waals surface area contributed by atoms with Crippen molar-refractivity contribution in [2.75, 3.05) is 11.4 Å². The number of anilines is 1. The van der Waals surface area contributed by atoms with Crippen LogP contribution in [0.2, 0.25) is 0 Å². The number of nitrogens with zero attached hydrogens (tertiary/aromatic N) is 3. The Hall–Kier alpha value is -1.38. The van der Waals surface area contributed by atoms with Crippen molar-refractivity contribution in [2.24, 2.45) is 0 Å². The van der Waals surface area contributed by atoms with Crippen LogP contribution in [-0.2, 0) is 11.0 Å². The molecule has 9 heteroatoms. The van der Waals surface area contributed by atoms with Crippen LogP contribution in [0.4, 0.5) is 18.3 Å². The minimum absolute atomic E-state index is 0.0159. The van der Waals surface area contributed by atoms with E-state index in [-0.39, 0.29) is 5.13 Å². The zero-order valence-electron chi connectivity index (χ0n) is 8.44. The molecule has 17 heavy (non-hydrogen) atoms. The van der Waals surface area contributed by atoms with Gasteiger partial charge in [-0.25, -0.2) is 4.79 Å². The van der Waals surface area contributed by atoms with E-state index >= 15 is 0 Å². The van der Waals surface area contributed by atoms with Gasteiger partial charge in [0.05, 0.1) is 0 Å². The van der Waals surface area contributed by atoms with Crippen molar-refractivity contribution in [3.63, 3.8) is 0 Å². The molecular formula is C8H8F3N3O2S. The van der Waals surface area contributed by atoms with Crippen LogP contribution in [0.3, 0.4) is 0 Å². The van der Waals surface area contributed by atoms with Gasteiger partial charge in [-0.05, 0) is 12.8 Å². The van der Waals surface area contributed by atoms with Gasteiger partial charge in [0, 0.05) is 18.1 Å². The fourth-order valence-corrected chi connectivity index (χ4v) is 2.46. The highest BCUT2D eigenvalue weighted by molar-refractivity contribution is 7.09. The molecule has 1 saturated heterocycles. The minimum atomic E-state index is -4.59. The molecule has 2 heterocycles. The molecule has 1 aliphatic rings. The fourth-order valence-electron chi connectivity index (χ4n) is 1.70. The molecule has 1 aromatic rings. The first-order valence-electron chi connectivity index (χ1n) is 4.80. The quantitative estimate of drug-likeness (QED) is 0.881. The fraction of sp³-hybridized carbons (Fsp3) is 0.625. The molecule has 1 N–H and O–H groups in total. The Balaban J connectivity index is 2.23. The van der Waals surface area contributed by atoms with Gasteiger partial charge in [-0.2, -0.15) is 22.5 Å². The maximum absolute atomic E-state index is 12.3. The largest absolute Gasteiger partial charge is 0.480 e. The summed E-state index contributed by atoms with van der Waals surface area (Å²) in [7, 11) is 0. The summed E-state index contributed by atoms with van der Waals surface area (Å²) in [5.41, 5.74) is 0. The molecule has 1 atom stereocenters. The van der Waals surface area contributed by atoms with Gasteiger partial charge in [0.1, 0.15) is 6.04 Å². The number of aromatic nitrogens is 2. The summed E-state index contributed by atoms with van der Waals surface area (Å²) in [6.45, 7) is 0.392. The van der Waals surface area contributed by atoms with Crippen molar-refractivity contribution in [1.29, 1.82) is 0 Å². The first kappa shape index (κ1) is 12.1. The van der Waals surface area contributed by atoms with Gasteiger partial charge in [-0.3, -0.25) is 0 Å². The lowest BCUT2D eigenvalue weighted by Gasteiger charge is -2.19. The van der Waals surface area contributed by atoms with Crippen LogP contribution in [-0.4, -0.2) is 33.0 Å².